The molecule has 0 heterocycles. The first kappa shape index (κ1) is 20.6. The summed E-state index contributed by atoms with van der Waals surface area (Å²) in [7, 11) is 0. The summed E-state index contributed by atoms with van der Waals surface area (Å²) in [5.74, 6) is -0.991. The summed E-state index contributed by atoms with van der Waals surface area (Å²) in [5.41, 5.74) is 0. The Morgan fingerprint density at radius 3 is 2.50 bits per heavy atom. The maximum absolute atomic E-state index is 10.2. The van der Waals surface area contributed by atoms with Crippen molar-refractivity contribution >= 4 is 5.97 Å². The predicted octanol–water partition coefficient (Wildman–Crippen LogP) is 3.79. The van der Waals surface area contributed by atoms with Crippen LogP contribution in [0.4, 0.5) is 0 Å². The first-order valence-electron chi connectivity index (χ1n) is 8.19. The molecule has 126 valence electrons. The third-order valence-corrected chi connectivity index (χ3v) is 3.22. The topological polar surface area (TPSA) is 69.6 Å². The van der Waals surface area contributed by atoms with Crippen LogP contribution in [0.5, 0.6) is 0 Å². The number of rotatable bonds is 14. The zero-order chi connectivity index (χ0) is 16.5. The van der Waals surface area contributed by atoms with Gasteiger partial charge in [0, 0.05) is 5.97 Å². The van der Waals surface area contributed by atoms with Gasteiger partial charge < -0.3 is 9.90 Å². The normalized spacial score (nSPS) is 13.5. The van der Waals surface area contributed by atoms with Crippen LogP contribution in [0.15, 0.2) is 36.5 Å². The molecule has 0 saturated carbocycles. The fraction of sp³-hybridized carbons (Fsp3) is 0.611. The second-order valence-corrected chi connectivity index (χ2v) is 5.28. The molecule has 4 heteroatoms. The SMILES string of the molecule is CCCCC/C=C\CC(/C=C/C=C\CCCCC(=O)[O-])OO. The van der Waals surface area contributed by atoms with Gasteiger partial charge in [0.15, 0.2) is 0 Å². The molecule has 4 nitrogen and oxygen atoms in total. The van der Waals surface area contributed by atoms with E-state index in [0.29, 0.717) is 12.8 Å². The molecule has 0 aliphatic carbocycles. The van der Waals surface area contributed by atoms with Crippen LogP contribution in [-0.2, 0) is 9.68 Å². The lowest BCUT2D eigenvalue weighted by molar-refractivity contribution is -0.305. The molecule has 0 fully saturated rings. The number of aliphatic carboxylic acids is 1. The summed E-state index contributed by atoms with van der Waals surface area (Å²) in [5, 5.41) is 19.0. The van der Waals surface area contributed by atoms with Crippen molar-refractivity contribution in [3.8, 4) is 0 Å². The molecular formula is C18H29O4-. The van der Waals surface area contributed by atoms with Crippen molar-refractivity contribution in [3.05, 3.63) is 36.5 Å². The van der Waals surface area contributed by atoms with Gasteiger partial charge in [-0.05, 0) is 44.9 Å². The first-order valence-corrected chi connectivity index (χ1v) is 8.19. The Morgan fingerprint density at radius 2 is 1.82 bits per heavy atom. The zero-order valence-corrected chi connectivity index (χ0v) is 13.6. The molecule has 1 N–H and O–H groups in total. The van der Waals surface area contributed by atoms with E-state index in [1.807, 2.05) is 24.3 Å². The number of hydrogen-bond acceptors (Lipinski definition) is 4. The fourth-order valence-electron chi connectivity index (χ4n) is 1.91. The lowest BCUT2D eigenvalue weighted by Gasteiger charge is -2.04. The molecule has 0 amide bonds. The second kappa shape index (κ2) is 16.0. The Morgan fingerprint density at radius 1 is 1.09 bits per heavy atom. The summed E-state index contributed by atoms with van der Waals surface area (Å²) < 4.78 is 0. The van der Waals surface area contributed by atoms with Gasteiger partial charge in [0.1, 0.15) is 6.10 Å². The van der Waals surface area contributed by atoms with Crippen LogP contribution in [0.25, 0.3) is 0 Å². The van der Waals surface area contributed by atoms with Crippen LogP contribution in [-0.4, -0.2) is 17.3 Å². The Labute approximate surface area is 134 Å². The number of unbranched alkanes of at least 4 members (excludes halogenated alkanes) is 5. The van der Waals surface area contributed by atoms with Crippen molar-refractivity contribution in [2.75, 3.05) is 0 Å². The molecule has 0 spiro atoms. The van der Waals surface area contributed by atoms with Crippen molar-refractivity contribution in [2.24, 2.45) is 0 Å². The summed E-state index contributed by atoms with van der Waals surface area (Å²) in [6.07, 6.45) is 19.1. The number of carboxylic acids is 1. The van der Waals surface area contributed by atoms with E-state index in [1.165, 1.54) is 19.3 Å². The molecule has 1 unspecified atom stereocenters. The molecule has 0 bridgehead atoms. The Balaban J connectivity index is 3.74. The molecule has 0 radical (unpaired) electrons. The molecule has 0 saturated heterocycles. The van der Waals surface area contributed by atoms with Crippen molar-refractivity contribution in [2.45, 2.75) is 70.8 Å². The summed E-state index contributed by atoms with van der Waals surface area (Å²) in [4.78, 5) is 14.6. The molecule has 0 aromatic rings. The highest BCUT2D eigenvalue weighted by atomic mass is 17.1. The van der Waals surface area contributed by atoms with E-state index in [2.05, 4.69) is 17.9 Å². The average molecular weight is 309 g/mol. The van der Waals surface area contributed by atoms with Gasteiger partial charge in [-0.15, -0.1) is 0 Å². The lowest BCUT2D eigenvalue weighted by atomic mass is 10.1. The van der Waals surface area contributed by atoms with E-state index in [9.17, 15) is 9.90 Å². The van der Waals surface area contributed by atoms with Gasteiger partial charge in [-0.3, -0.25) is 5.26 Å². The minimum atomic E-state index is -0.991. The molecule has 0 rings (SSSR count). The smallest absolute Gasteiger partial charge is 0.115 e. The Bertz CT molecular complexity index is 345. The number of allylic oxidation sites excluding steroid dienone is 4. The maximum Gasteiger partial charge on any atom is 0.115 e. The molecule has 22 heavy (non-hydrogen) atoms. The molecule has 0 aliphatic heterocycles. The maximum atomic E-state index is 10.2. The summed E-state index contributed by atoms with van der Waals surface area (Å²) >= 11 is 0. The van der Waals surface area contributed by atoms with Crippen LogP contribution < -0.4 is 5.11 Å². The van der Waals surface area contributed by atoms with Gasteiger partial charge in [-0.25, -0.2) is 4.89 Å². The van der Waals surface area contributed by atoms with Crippen molar-refractivity contribution in [1.29, 1.82) is 0 Å². The van der Waals surface area contributed by atoms with Gasteiger partial charge in [0.25, 0.3) is 0 Å². The van der Waals surface area contributed by atoms with Crippen molar-refractivity contribution in [1.82, 2.24) is 0 Å². The fourth-order valence-corrected chi connectivity index (χ4v) is 1.91. The Kier molecular flexibility index (Phi) is 15.0. The molecule has 0 aromatic carbocycles. The minimum absolute atomic E-state index is 0.120. The molecule has 0 aliphatic rings. The number of carboxylic acid groups (broad SMARTS) is 1. The van der Waals surface area contributed by atoms with Crippen molar-refractivity contribution in [3.63, 3.8) is 0 Å². The minimum Gasteiger partial charge on any atom is -0.550 e. The quantitative estimate of drug-likeness (QED) is 0.174. The number of hydrogen-bond donors (Lipinski definition) is 1. The molecule has 0 aromatic heterocycles. The van der Waals surface area contributed by atoms with Gasteiger partial charge in [0.05, 0.1) is 0 Å². The number of carbonyl (C=O) groups excluding carboxylic acids is 1. The predicted molar refractivity (Wildman–Crippen MR) is 87.2 cm³/mol. The lowest BCUT2D eigenvalue weighted by Crippen LogP contribution is -2.21. The number of carbonyl (C=O) groups is 1. The van der Waals surface area contributed by atoms with Crippen LogP contribution in [0.1, 0.15) is 64.7 Å². The highest BCUT2D eigenvalue weighted by molar-refractivity contribution is 5.64. The van der Waals surface area contributed by atoms with E-state index >= 15 is 0 Å². The van der Waals surface area contributed by atoms with E-state index in [-0.39, 0.29) is 12.5 Å². The zero-order valence-electron chi connectivity index (χ0n) is 13.6. The Hall–Kier alpha value is -1.39. The van der Waals surface area contributed by atoms with Crippen LogP contribution >= 0.6 is 0 Å². The van der Waals surface area contributed by atoms with E-state index in [4.69, 9.17) is 5.26 Å². The van der Waals surface area contributed by atoms with E-state index in [0.717, 1.165) is 19.3 Å². The summed E-state index contributed by atoms with van der Waals surface area (Å²) in [6, 6.07) is 0. The monoisotopic (exact) mass is 309 g/mol. The summed E-state index contributed by atoms with van der Waals surface area (Å²) in [6.45, 7) is 2.18. The van der Waals surface area contributed by atoms with E-state index < -0.39 is 5.97 Å². The molecule has 1 atom stereocenters. The van der Waals surface area contributed by atoms with Crippen molar-refractivity contribution < 1.29 is 20.0 Å². The van der Waals surface area contributed by atoms with Gasteiger partial charge >= 0.3 is 0 Å². The van der Waals surface area contributed by atoms with Gasteiger partial charge in [-0.2, -0.15) is 0 Å². The average Bonchev–Trinajstić information content (AvgIpc) is 2.50. The second-order valence-electron chi connectivity index (χ2n) is 5.28. The van der Waals surface area contributed by atoms with Gasteiger partial charge in [0.2, 0.25) is 0 Å². The first-order chi connectivity index (χ1) is 10.7. The van der Waals surface area contributed by atoms with Crippen LogP contribution in [0, 0.1) is 0 Å². The van der Waals surface area contributed by atoms with E-state index in [1.54, 1.807) is 6.08 Å². The van der Waals surface area contributed by atoms with Gasteiger partial charge in [-0.1, -0.05) is 56.2 Å². The standard InChI is InChI=1S/C18H30O4/c1-2-3-4-5-8-11-14-17(22-21)15-12-9-6-7-10-13-16-18(19)20/h6,8-9,11-12,15,17,21H,2-5,7,10,13-14,16H2,1H3,(H,19,20)/p-1/b9-6-,11-8-,15-12+. The highest BCUT2D eigenvalue weighted by Crippen LogP contribution is 2.05. The third-order valence-electron chi connectivity index (χ3n) is 3.22. The largest absolute Gasteiger partial charge is 0.550 e. The van der Waals surface area contributed by atoms with Crippen LogP contribution in [0.3, 0.4) is 0 Å². The third kappa shape index (κ3) is 15.0. The van der Waals surface area contributed by atoms with Crippen LogP contribution in [0.2, 0.25) is 0 Å². The highest BCUT2D eigenvalue weighted by Gasteiger charge is 1.99. The molecular weight excluding hydrogens is 280 g/mol.